The molecule has 6 nitrogen and oxygen atoms in total. The van der Waals surface area contributed by atoms with Gasteiger partial charge in [0.05, 0.1) is 11.7 Å². The molecule has 0 aliphatic heterocycles. The van der Waals surface area contributed by atoms with Gasteiger partial charge in [-0.25, -0.2) is 0 Å². The number of fused-ring (bicyclic) bond motifs is 1. The largest absolute Gasteiger partial charge is 0.368 e. The Kier molecular flexibility index (Phi) is 4.65. The van der Waals surface area contributed by atoms with E-state index in [1.54, 1.807) is 4.68 Å². The lowest BCUT2D eigenvalue weighted by molar-refractivity contribution is -0.138. The molecule has 0 radical (unpaired) electrons. The number of rotatable bonds is 6. The fraction of sp³-hybridized carbons (Fsp3) is 0.722. The van der Waals surface area contributed by atoms with Crippen molar-refractivity contribution < 1.29 is 9.59 Å². The predicted molar refractivity (Wildman–Crippen MR) is 91.0 cm³/mol. The van der Waals surface area contributed by atoms with E-state index in [-0.39, 0.29) is 23.9 Å². The summed E-state index contributed by atoms with van der Waals surface area (Å²) in [6, 6.07) is -0.0417. The van der Waals surface area contributed by atoms with Crippen molar-refractivity contribution in [2.75, 3.05) is 0 Å². The highest BCUT2D eigenvalue weighted by Crippen LogP contribution is 2.46. The molecule has 2 amide bonds. The molecular formula is C18H28N4O2. The third-order valence-corrected chi connectivity index (χ3v) is 5.35. The van der Waals surface area contributed by atoms with Crippen molar-refractivity contribution >= 4 is 11.8 Å². The second-order valence-electron chi connectivity index (χ2n) is 7.85. The molecule has 2 aliphatic carbocycles. The quantitative estimate of drug-likeness (QED) is 0.835. The highest BCUT2D eigenvalue weighted by atomic mass is 16.2. The number of nitrogens with two attached hydrogens (primary N) is 1. The maximum atomic E-state index is 12.9. The zero-order valence-corrected chi connectivity index (χ0v) is 14.7. The van der Waals surface area contributed by atoms with Crippen molar-refractivity contribution in [3.05, 3.63) is 17.5 Å². The fourth-order valence-electron chi connectivity index (χ4n) is 4.20. The van der Waals surface area contributed by atoms with Crippen LogP contribution in [-0.2, 0) is 22.6 Å². The van der Waals surface area contributed by atoms with E-state index in [2.05, 4.69) is 24.3 Å². The number of nitrogens with zero attached hydrogens (tertiary/aromatic N) is 2. The Morgan fingerprint density at radius 2 is 2.17 bits per heavy atom. The van der Waals surface area contributed by atoms with Crippen LogP contribution in [0.25, 0.3) is 0 Å². The molecule has 1 heterocycles. The zero-order valence-electron chi connectivity index (χ0n) is 14.7. The van der Waals surface area contributed by atoms with E-state index < -0.39 is 5.91 Å². The maximum Gasteiger partial charge on any atom is 0.239 e. The summed E-state index contributed by atoms with van der Waals surface area (Å²) in [5.41, 5.74) is 7.11. The lowest BCUT2D eigenvalue weighted by Crippen LogP contribution is -2.48. The Hall–Kier alpha value is -1.85. The number of primary amides is 1. The third-order valence-electron chi connectivity index (χ3n) is 5.35. The van der Waals surface area contributed by atoms with Gasteiger partial charge in [0.1, 0.15) is 6.54 Å². The predicted octanol–water partition coefficient (Wildman–Crippen LogP) is 2.08. The first-order valence-corrected chi connectivity index (χ1v) is 9.05. The van der Waals surface area contributed by atoms with Gasteiger partial charge in [0.25, 0.3) is 0 Å². The fourth-order valence-corrected chi connectivity index (χ4v) is 4.20. The van der Waals surface area contributed by atoms with E-state index in [0.717, 1.165) is 56.2 Å². The summed E-state index contributed by atoms with van der Waals surface area (Å²) in [4.78, 5) is 24.0. The summed E-state index contributed by atoms with van der Waals surface area (Å²) in [6.45, 7) is 4.44. The van der Waals surface area contributed by atoms with Crippen LogP contribution in [0, 0.1) is 11.3 Å². The van der Waals surface area contributed by atoms with Gasteiger partial charge < -0.3 is 11.1 Å². The number of nitrogens with one attached hydrogen (secondary N) is 1. The van der Waals surface area contributed by atoms with Crippen molar-refractivity contribution in [1.82, 2.24) is 15.1 Å². The number of aromatic nitrogens is 2. The normalized spacial score (nSPS) is 21.9. The first kappa shape index (κ1) is 17.0. The topological polar surface area (TPSA) is 90.0 Å². The van der Waals surface area contributed by atoms with E-state index in [1.807, 2.05) is 6.20 Å². The zero-order chi connectivity index (χ0) is 17.3. The van der Waals surface area contributed by atoms with Crippen LogP contribution < -0.4 is 11.1 Å². The average Bonchev–Trinajstić information content (AvgIpc) is 2.85. The molecule has 3 rings (SSSR count). The molecule has 0 saturated heterocycles. The van der Waals surface area contributed by atoms with Crippen LogP contribution in [-0.4, -0.2) is 21.6 Å². The van der Waals surface area contributed by atoms with E-state index >= 15 is 0 Å². The van der Waals surface area contributed by atoms with Crippen LogP contribution in [0.3, 0.4) is 0 Å². The van der Waals surface area contributed by atoms with Crippen LogP contribution in [0.4, 0.5) is 0 Å². The molecule has 0 bridgehead atoms. The van der Waals surface area contributed by atoms with Crippen molar-refractivity contribution in [1.29, 1.82) is 0 Å². The van der Waals surface area contributed by atoms with Crippen LogP contribution in [0.15, 0.2) is 6.20 Å². The highest BCUT2D eigenvalue weighted by molar-refractivity contribution is 5.84. The van der Waals surface area contributed by atoms with Gasteiger partial charge in [-0.3, -0.25) is 14.3 Å². The van der Waals surface area contributed by atoms with Crippen LogP contribution >= 0.6 is 0 Å². The Labute approximate surface area is 143 Å². The second kappa shape index (κ2) is 6.57. The minimum atomic E-state index is -0.402. The number of hydrogen-bond acceptors (Lipinski definition) is 3. The smallest absolute Gasteiger partial charge is 0.239 e. The molecule has 1 fully saturated rings. The van der Waals surface area contributed by atoms with Crippen molar-refractivity contribution in [3.63, 3.8) is 0 Å². The van der Waals surface area contributed by atoms with Gasteiger partial charge in [0, 0.05) is 11.6 Å². The Bertz CT molecular complexity index is 631. The number of amides is 2. The maximum absolute atomic E-state index is 12.9. The van der Waals surface area contributed by atoms with Crippen molar-refractivity contribution in [3.8, 4) is 0 Å². The van der Waals surface area contributed by atoms with Crippen LogP contribution in [0.1, 0.15) is 69.7 Å². The number of carbonyl (C=O) groups is 2. The molecule has 1 saturated carbocycles. The lowest BCUT2D eigenvalue weighted by atomic mass is 9.64. The first-order valence-electron chi connectivity index (χ1n) is 9.05. The van der Waals surface area contributed by atoms with Crippen LogP contribution in [0.5, 0.6) is 0 Å². The minimum absolute atomic E-state index is 0.0417. The summed E-state index contributed by atoms with van der Waals surface area (Å²) >= 11 is 0. The van der Waals surface area contributed by atoms with Gasteiger partial charge in [-0.2, -0.15) is 5.10 Å². The van der Waals surface area contributed by atoms with E-state index in [9.17, 15) is 9.59 Å². The van der Waals surface area contributed by atoms with Gasteiger partial charge in [-0.05, 0) is 50.0 Å². The molecule has 2 aliphatic rings. The summed E-state index contributed by atoms with van der Waals surface area (Å²) in [6.07, 6.45) is 8.85. The molecule has 1 aromatic rings. The summed E-state index contributed by atoms with van der Waals surface area (Å²) in [5.74, 6) is 0.304. The molecule has 0 spiro atoms. The van der Waals surface area contributed by atoms with Gasteiger partial charge >= 0.3 is 0 Å². The Morgan fingerprint density at radius 1 is 1.42 bits per heavy atom. The van der Waals surface area contributed by atoms with Crippen molar-refractivity contribution in [2.45, 2.75) is 71.4 Å². The van der Waals surface area contributed by atoms with Crippen LogP contribution in [0.2, 0.25) is 0 Å². The monoisotopic (exact) mass is 332 g/mol. The van der Waals surface area contributed by atoms with E-state index in [0.29, 0.717) is 5.92 Å². The molecule has 1 aromatic heterocycles. The van der Waals surface area contributed by atoms with Gasteiger partial charge in [0.2, 0.25) is 11.8 Å². The summed E-state index contributed by atoms with van der Waals surface area (Å²) in [7, 11) is 0. The molecule has 1 atom stereocenters. The standard InChI is InChI=1S/C18H28N4O2/c1-12(2)9-18(7-4-8-18)17(24)20-14-6-3-5-13-10-22(11-15(19)23)21-16(13)14/h10,12,14H,3-9,11H2,1-2H3,(H2,19,23)(H,20,24)/t14-/m0/s1. The third kappa shape index (κ3) is 3.32. The second-order valence-corrected chi connectivity index (χ2v) is 7.85. The molecule has 0 aromatic carbocycles. The molecular weight excluding hydrogens is 304 g/mol. The lowest BCUT2D eigenvalue weighted by Gasteiger charge is -2.42. The Balaban J connectivity index is 1.73. The highest BCUT2D eigenvalue weighted by Gasteiger charge is 2.45. The molecule has 0 unspecified atom stereocenters. The van der Waals surface area contributed by atoms with Gasteiger partial charge in [-0.1, -0.05) is 20.3 Å². The molecule has 6 heteroatoms. The SMILES string of the molecule is CC(C)CC1(C(=O)N[C@H]2CCCc3cn(CC(N)=O)nc32)CCC1. The molecule has 132 valence electrons. The average molecular weight is 332 g/mol. The van der Waals surface area contributed by atoms with Crippen molar-refractivity contribution in [2.24, 2.45) is 17.1 Å². The number of aryl methyl sites for hydroxylation is 1. The number of hydrogen-bond donors (Lipinski definition) is 2. The summed E-state index contributed by atoms with van der Waals surface area (Å²) in [5, 5.41) is 7.77. The molecule has 3 N–H and O–H groups in total. The number of carbonyl (C=O) groups excluding carboxylic acids is 2. The first-order chi connectivity index (χ1) is 11.4. The van der Waals surface area contributed by atoms with E-state index in [1.165, 1.54) is 0 Å². The summed E-state index contributed by atoms with van der Waals surface area (Å²) < 4.78 is 1.60. The van der Waals surface area contributed by atoms with E-state index in [4.69, 9.17) is 5.73 Å². The minimum Gasteiger partial charge on any atom is -0.368 e. The molecule has 24 heavy (non-hydrogen) atoms. The Morgan fingerprint density at radius 3 is 2.75 bits per heavy atom. The van der Waals surface area contributed by atoms with Gasteiger partial charge in [-0.15, -0.1) is 0 Å². The van der Waals surface area contributed by atoms with Gasteiger partial charge in [0.15, 0.2) is 0 Å².